The molecule has 1 aromatic heterocycles. The van der Waals surface area contributed by atoms with E-state index in [1.54, 1.807) is 43.5 Å². The lowest BCUT2D eigenvalue weighted by Crippen LogP contribution is -2.14. The molecule has 1 heterocycles. The molecule has 0 aliphatic carbocycles. The highest BCUT2D eigenvalue weighted by molar-refractivity contribution is 7.98. The van der Waals surface area contributed by atoms with Crippen LogP contribution in [0.4, 0.5) is 0 Å². The van der Waals surface area contributed by atoms with E-state index in [0.29, 0.717) is 27.8 Å². The van der Waals surface area contributed by atoms with Gasteiger partial charge in [-0.25, -0.2) is 0 Å². The number of rotatable bonds is 8. The van der Waals surface area contributed by atoms with Crippen molar-refractivity contribution in [3.05, 3.63) is 86.9 Å². The number of ether oxygens (including phenoxy) is 2. The number of methoxy groups -OCH3 is 2. The summed E-state index contributed by atoms with van der Waals surface area (Å²) in [5, 5.41) is 11.1. The van der Waals surface area contributed by atoms with Gasteiger partial charge in [0.15, 0.2) is 5.76 Å². The van der Waals surface area contributed by atoms with Gasteiger partial charge < -0.3 is 19.0 Å². The zero-order chi connectivity index (χ0) is 22.4. The summed E-state index contributed by atoms with van der Waals surface area (Å²) in [6, 6.07) is 15.5. The van der Waals surface area contributed by atoms with Gasteiger partial charge in [-0.3, -0.25) is 9.59 Å². The lowest BCUT2D eigenvalue weighted by molar-refractivity contribution is -0.140. The molecule has 0 saturated heterocycles. The van der Waals surface area contributed by atoms with E-state index in [1.807, 2.05) is 12.1 Å². The van der Waals surface area contributed by atoms with Gasteiger partial charge in [-0.2, -0.15) is 0 Å². The predicted molar refractivity (Wildman–Crippen MR) is 119 cm³/mol. The van der Waals surface area contributed by atoms with Gasteiger partial charge in [0.05, 0.1) is 32.3 Å². The zero-order valence-corrected chi connectivity index (χ0v) is 18.5. The van der Waals surface area contributed by atoms with Crippen LogP contribution >= 0.6 is 23.4 Å². The van der Waals surface area contributed by atoms with E-state index >= 15 is 0 Å². The molecule has 3 aromatic rings. The summed E-state index contributed by atoms with van der Waals surface area (Å²) in [5.74, 6) is -0.326. The van der Waals surface area contributed by atoms with Crippen molar-refractivity contribution in [2.45, 2.75) is 23.0 Å². The third-order valence-corrected chi connectivity index (χ3v) is 5.91. The molecule has 6 nitrogen and oxygen atoms in total. The molecule has 0 aliphatic heterocycles. The Balaban J connectivity index is 1.95. The molecule has 8 heteroatoms. The second-order valence-corrected chi connectivity index (χ2v) is 8.12. The van der Waals surface area contributed by atoms with E-state index in [9.17, 15) is 14.7 Å². The van der Waals surface area contributed by atoms with E-state index in [2.05, 4.69) is 0 Å². The molecule has 2 aromatic carbocycles. The third-order valence-electron chi connectivity index (χ3n) is 4.63. The molecule has 0 fully saturated rings. The Morgan fingerprint density at radius 1 is 1.13 bits per heavy atom. The lowest BCUT2D eigenvalue weighted by atomic mass is 9.92. The molecule has 0 spiro atoms. The fourth-order valence-corrected chi connectivity index (χ4v) is 3.90. The van der Waals surface area contributed by atoms with Crippen molar-refractivity contribution in [2.75, 3.05) is 14.2 Å². The molecule has 1 N–H and O–H groups in total. The van der Waals surface area contributed by atoms with Crippen LogP contribution in [0.15, 0.2) is 68.7 Å². The van der Waals surface area contributed by atoms with E-state index in [0.717, 1.165) is 4.90 Å². The Morgan fingerprint density at radius 3 is 2.42 bits per heavy atom. The topological polar surface area (TPSA) is 86.0 Å². The minimum Gasteiger partial charge on any atom is -0.502 e. The highest BCUT2D eigenvalue weighted by atomic mass is 35.5. The van der Waals surface area contributed by atoms with Crippen LogP contribution in [-0.4, -0.2) is 25.3 Å². The molecule has 0 amide bonds. The second kappa shape index (κ2) is 10.4. The molecule has 0 bridgehead atoms. The maximum Gasteiger partial charge on any atom is 0.306 e. The van der Waals surface area contributed by atoms with Crippen molar-refractivity contribution in [3.63, 3.8) is 0 Å². The van der Waals surface area contributed by atoms with Crippen LogP contribution in [0.25, 0.3) is 0 Å². The van der Waals surface area contributed by atoms with Crippen LogP contribution < -0.4 is 10.2 Å². The van der Waals surface area contributed by atoms with E-state index in [-0.39, 0.29) is 12.2 Å². The van der Waals surface area contributed by atoms with Crippen molar-refractivity contribution in [3.8, 4) is 11.5 Å². The largest absolute Gasteiger partial charge is 0.502 e. The number of halogens is 1. The zero-order valence-electron chi connectivity index (χ0n) is 17.0. The highest BCUT2D eigenvalue weighted by Gasteiger charge is 2.26. The average Bonchev–Trinajstić information content (AvgIpc) is 2.79. The summed E-state index contributed by atoms with van der Waals surface area (Å²) in [5.41, 5.74) is 0.100. The minimum atomic E-state index is -0.702. The van der Waals surface area contributed by atoms with Crippen molar-refractivity contribution in [1.82, 2.24) is 0 Å². The fraction of sp³-hybridized carbons (Fsp3) is 0.217. The van der Waals surface area contributed by atoms with Crippen molar-refractivity contribution in [2.24, 2.45) is 0 Å². The van der Waals surface area contributed by atoms with Crippen LogP contribution in [0.5, 0.6) is 11.5 Å². The van der Waals surface area contributed by atoms with E-state index in [4.69, 9.17) is 25.5 Å². The number of aromatic hydroxyl groups is 1. The Kier molecular flexibility index (Phi) is 7.65. The van der Waals surface area contributed by atoms with E-state index < -0.39 is 23.1 Å². The van der Waals surface area contributed by atoms with Gasteiger partial charge in [0, 0.05) is 16.0 Å². The first-order valence-corrected chi connectivity index (χ1v) is 10.7. The SMILES string of the molecule is COC(=O)C[C@H](c1ccc(OC)cc1)c1oc(CSc2ccc(Cl)cc2)cc(=O)c1O. The van der Waals surface area contributed by atoms with E-state index in [1.165, 1.54) is 24.9 Å². The second-order valence-electron chi connectivity index (χ2n) is 6.64. The molecule has 3 rings (SSSR count). The average molecular weight is 461 g/mol. The number of esters is 1. The first kappa shape index (κ1) is 22.8. The number of carbonyl (C=O) groups excluding carboxylic acids is 1. The van der Waals surface area contributed by atoms with Crippen LogP contribution in [0.2, 0.25) is 5.02 Å². The summed E-state index contributed by atoms with van der Waals surface area (Å²) >= 11 is 7.37. The highest BCUT2D eigenvalue weighted by Crippen LogP contribution is 2.35. The van der Waals surface area contributed by atoms with Crippen LogP contribution in [0, 0.1) is 0 Å². The maximum absolute atomic E-state index is 12.4. The molecule has 31 heavy (non-hydrogen) atoms. The fourth-order valence-electron chi connectivity index (χ4n) is 3.00. The molecule has 162 valence electrons. The lowest BCUT2D eigenvalue weighted by Gasteiger charge is -2.18. The number of thioether (sulfide) groups is 1. The summed E-state index contributed by atoms with van der Waals surface area (Å²) < 4.78 is 15.9. The predicted octanol–water partition coefficient (Wildman–Crippen LogP) is 4.99. The van der Waals surface area contributed by atoms with Crippen molar-refractivity contribution >= 4 is 29.3 Å². The van der Waals surface area contributed by atoms with Crippen LogP contribution in [-0.2, 0) is 15.3 Å². The number of benzene rings is 2. The monoisotopic (exact) mass is 460 g/mol. The van der Waals surface area contributed by atoms with Gasteiger partial charge in [0.25, 0.3) is 0 Å². The third kappa shape index (κ3) is 5.83. The molecule has 0 saturated carbocycles. The molecular formula is C23H21ClO6S. The first-order chi connectivity index (χ1) is 14.9. The Morgan fingerprint density at radius 2 is 1.81 bits per heavy atom. The Hall–Kier alpha value is -2.90. The molecular weight excluding hydrogens is 440 g/mol. The summed E-state index contributed by atoms with van der Waals surface area (Å²) in [6.07, 6.45) is -0.104. The van der Waals surface area contributed by atoms with Gasteiger partial charge in [-0.15, -0.1) is 11.8 Å². The smallest absolute Gasteiger partial charge is 0.306 e. The van der Waals surface area contributed by atoms with Gasteiger partial charge in [0.1, 0.15) is 11.5 Å². The molecule has 0 unspecified atom stereocenters. The number of hydrogen-bond donors (Lipinski definition) is 1. The van der Waals surface area contributed by atoms with Crippen molar-refractivity contribution in [1.29, 1.82) is 0 Å². The van der Waals surface area contributed by atoms with Crippen LogP contribution in [0.3, 0.4) is 0 Å². The number of hydrogen-bond acceptors (Lipinski definition) is 7. The molecule has 0 radical (unpaired) electrons. The normalized spacial score (nSPS) is 11.7. The van der Waals surface area contributed by atoms with Gasteiger partial charge in [-0.05, 0) is 42.0 Å². The van der Waals surface area contributed by atoms with Crippen molar-refractivity contribution < 1.29 is 23.8 Å². The first-order valence-electron chi connectivity index (χ1n) is 9.36. The van der Waals surface area contributed by atoms with Gasteiger partial charge in [0.2, 0.25) is 11.2 Å². The van der Waals surface area contributed by atoms with Crippen LogP contribution in [0.1, 0.15) is 29.4 Å². The molecule has 1 atom stereocenters. The number of carbonyl (C=O) groups is 1. The molecule has 0 aliphatic rings. The maximum atomic E-state index is 12.4. The summed E-state index contributed by atoms with van der Waals surface area (Å²) in [6.45, 7) is 0. The Bertz CT molecular complexity index is 1090. The quantitative estimate of drug-likeness (QED) is 0.374. The van der Waals surface area contributed by atoms with Gasteiger partial charge >= 0.3 is 5.97 Å². The summed E-state index contributed by atoms with van der Waals surface area (Å²) in [4.78, 5) is 25.4. The van der Waals surface area contributed by atoms with Gasteiger partial charge in [-0.1, -0.05) is 23.7 Å². The standard InChI is InChI=1S/C23H21ClO6S/c1-28-16-7-3-14(4-8-16)19(12-21(26)29-2)23-22(27)20(25)11-17(30-23)13-31-18-9-5-15(24)6-10-18/h3-11,19,27H,12-13H2,1-2H3/t19-/m1/s1. The summed E-state index contributed by atoms with van der Waals surface area (Å²) in [7, 11) is 2.83. The minimum absolute atomic E-state index is 0.0229. The Labute approximate surface area is 188 Å².